The molecular formula is C20H22N2O5. The van der Waals surface area contributed by atoms with Gasteiger partial charge in [0, 0.05) is 25.2 Å². The molecule has 0 radical (unpaired) electrons. The van der Waals surface area contributed by atoms with Crippen LogP contribution in [-0.2, 0) is 16.0 Å². The van der Waals surface area contributed by atoms with E-state index in [1.165, 1.54) is 11.8 Å². The molecule has 0 bridgehead atoms. The molecule has 1 aliphatic rings. The van der Waals surface area contributed by atoms with Crippen molar-refractivity contribution in [1.29, 1.82) is 0 Å². The first-order valence-electron chi connectivity index (χ1n) is 8.64. The molecule has 0 unspecified atom stereocenters. The molecule has 0 atom stereocenters. The van der Waals surface area contributed by atoms with Crippen LogP contribution in [0.4, 0.5) is 5.69 Å². The third kappa shape index (κ3) is 4.69. The van der Waals surface area contributed by atoms with Crippen LogP contribution in [0.5, 0.6) is 17.2 Å². The number of ether oxygens (including phenoxy) is 3. The molecule has 3 rings (SSSR count). The molecule has 2 amide bonds. The van der Waals surface area contributed by atoms with E-state index in [9.17, 15) is 9.59 Å². The number of rotatable bonds is 7. The van der Waals surface area contributed by atoms with Crippen LogP contribution in [0.25, 0.3) is 0 Å². The van der Waals surface area contributed by atoms with E-state index < -0.39 is 0 Å². The van der Waals surface area contributed by atoms with Gasteiger partial charge in [0.25, 0.3) is 0 Å². The van der Waals surface area contributed by atoms with Gasteiger partial charge in [-0.3, -0.25) is 9.59 Å². The van der Waals surface area contributed by atoms with Crippen LogP contribution >= 0.6 is 0 Å². The van der Waals surface area contributed by atoms with Crippen molar-refractivity contribution >= 4 is 17.5 Å². The molecular weight excluding hydrogens is 348 g/mol. The average Bonchev–Trinajstić information content (AvgIpc) is 3.14. The van der Waals surface area contributed by atoms with E-state index in [1.807, 2.05) is 24.3 Å². The number of carbonyl (C=O) groups excluding carboxylic acids is 2. The summed E-state index contributed by atoms with van der Waals surface area (Å²) in [6.07, 6.45) is 0.694. The third-order valence-corrected chi connectivity index (χ3v) is 4.24. The van der Waals surface area contributed by atoms with Gasteiger partial charge in [-0.15, -0.1) is 0 Å². The Morgan fingerprint density at radius 2 is 1.85 bits per heavy atom. The fourth-order valence-electron chi connectivity index (χ4n) is 2.78. The highest BCUT2D eigenvalue weighted by molar-refractivity contribution is 5.97. The lowest BCUT2D eigenvalue weighted by molar-refractivity contribution is -0.123. The predicted molar refractivity (Wildman–Crippen MR) is 100 cm³/mol. The normalized spacial score (nSPS) is 11.8. The molecule has 2 aromatic carbocycles. The number of methoxy groups -OCH3 is 1. The number of nitrogens with one attached hydrogen (secondary N) is 1. The molecule has 2 aromatic rings. The topological polar surface area (TPSA) is 77.1 Å². The minimum absolute atomic E-state index is 0.0579. The van der Waals surface area contributed by atoms with Crippen molar-refractivity contribution in [2.24, 2.45) is 0 Å². The van der Waals surface area contributed by atoms with Gasteiger partial charge in [0.2, 0.25) is 18.6 Å². The molecule has 7 heteroatoms. The van der Waals surface area contributed by atoms with Gasteiger partial charge in [0.05, 0.1) is 7.11 Å². The second-order valence-electron chi connectivity index (χ2n) is 6.09. The van der Waals surface area contributed by atoms with Gasteiger partial charge < -0.3 is 24.4 Å². The number of fused-ring (bicyclic) bond motifs is 1. The largest absolute Gasteiger partial charge is 0.497 e. The fourth-order valence-corrected chi connectivity index (χ4v) is 2.78. The van der Waals surface area contributed by atoms with E-state index in [0.717, 1.165) is 11.3 Å². The predicted octanol–water partition coefficient (Wildman–Crippen LogP) is 2.14. The van der Waals surface area contributed by atoms with Gasteiger partial charge in [-0.2, -0.15) is 0 Å². The summed E-state index contributed by atoms with van der Waals surface area (Å²) in [6, 6.07) is 12.9. The summed E-state index contributed by atoms with van der Waals surface area (Å²) in [6.45, 7) is 2.01. The number of carbonyl (C=O) groups is 2. The second kappa shape index (κ2) is 8.44. The highest BCUT2D eigenvalue weighted by atomic mass is 16.7. The van der Waals surface area contributed by atoms with E-state index in [-0.39, 0.29) is 25.2 Å². The van der Waals surface area contributed by atoms with Crippen LogP contribution in [-0.4, -0.2) is 38.8 Å². The monoisotopic (exact) mass is 370 g/mol. The Kier molecular flexibility index (Phi) is 5.80. The zero-order valence-corrected chi connectivity index (χ0v) is 15.4. The van der Waals surface area contributed by atoms with Crippen LogP contribution in [0, 0.1) is 0 Å². The van der Waals surface area contributed by atoms with Crippen molar-refractivity contribution in [1.82, 2.24) is 5.32 Å². The maximum absolute atomic E-state index is 12.3. The Labute approximate surface area is 157 Å². The van der Waals surface area contributed by atoms with Gasteiger partial charge in [-0.05, 0) is 36.2 Å². The lowest BCUT2D eigenvalue weighted by atomic mass is 10.1. The fraction of sp³-hybridized carbons (Fsp3) is 0.300. The summed E-state index contributed by atoms with van der Waals surface area (Å²) in [5.74, 6) is 1.55. The first-order valence-corrected chi connectivity index (χ1v) is 8.64. The Morgan fingerprint density at radius 3 is 2.56 bits per heavy atom. The van der Waals surface area contributed by atoms with Crippen molar-refractivity contribution < 1.29 is 23.8 Å². The van der Waals surface area contributed by atoms with Crippen molar-refractivity contribution in [3.05, 3.63) is 48.0 Å². The van der Waals surface area contributed by atoms with Crippen molar-refractivity contribution in [2.45, 2.75) is 13.3 Å². The van der Waals surface area contributed by atoms with E-state index in [4.69, 9.17) is 14.2 Å². The SMILES string of the molecule is COc1ccc(CCNC(=O)CN(C(C)=O)c2ccc3c(c2)OCO3)cc1. The minimum Gasteiger partial charge on any atom is -0.497 e. The average molecular weight is 370 g/mol. The molecule has 1 aliphatic heterocycles. The first-order chi connectivity index (χ1) is 13.1. The van der Waals surface area contributed by atoms with Gasteiger partial charge in [-0.25, -0.2) is 0 Å². The molecule has 142 valence electrons. The molecule has 0 saturated carbocycles. The minimum atomic E-state index is -0.226. The van der Waals surface area contributed by atoms with E-state index in [0.29, 0.717) is 30.2 Å². The van der Waals surface area contributed by atoms with Crippen molar-refractivity contribution in [2.75, 3.05) is 31.9 Å². The Bertz CT molecular complexity index is 820. The smallest absolute Gasteiger partial charge is 0.240 e. The summed E-state index contributed by atoms with van der Waals surface area (Å²) in [5, 5.41) is 2.85. The van der Waals surface area contributed by atoms with Crippen LogP contribution in [0.1, 0.15) is 12.5 Å². The standard InChI is InChI=1S/C20H22N2O5/c1-14(23)22(16-5-8-18-19(11-16)27-13-26-18)12-20(24)21-10-9-15-3-6-17(25-2)7-4-15/h3-8,11H,9-10,12-13H2,1-2H3,(H,21,24). The molecule has 0 aromatic heterocycles. The maximum Gasteiger partial charge on any atom is 0.240 e. The number of hydrogen-bond acceptors (Lipinski definition) is 5. The summed E-state index contributed by atoms with van der Waals surface area (Å²) in [4.78, 5) is 25.7. The molecule has 0 spiro atoms. The molecule has 1 heterocycles. The maximum atomic E-state index is 12.3. The highest BCUT2D eigenvalue weighted by Crippen LogP contribution is 2.35. The number of anilines is 1. The highest BCUT2D eigenvalue weighted by Gasteiger charge is 2.20. The van der Waals surface area contributed by atoms with Gasteiger partial charge >= 0.3 is 0 Å². The van der Waals surface area contributed by atoms with Gasteiger partial charge in [0.15, 0.2) is 11.5 Å². The van der Waals surface area contributed by atoms with Crippen LogP contribution in [0.15, 0.2) is 42.5 Å². The first kappa shape index (κ1) is 18.6. The second-order valence-corrected chi connectivity index (χ2v) is 6.09. The number of hydrogen-bond donors (Lipinski definition) is 1. The Balaban J connectivity index is 1.54. The van der Waals surface area contributed by atoms with Gasteiger partial charge in [0.1, 0.15) is 12.3 Å². The summed E-state index contributed by atoms with van der Waals surface area (Å²) in [7, 11) is 1.62. The van der Waals surface area contributed by atoms with Crippen LogP contribution in [0.2, 0.25) is 0 Å². The zero-order valence-electron chi connectivity index (χ0n) is 15.4. The van der Waals surface area contributed by atoms with Crippen LogP contribution < -0.4 is 24.4 Å². The summed E-state index contributed by atoms with van der Waals surface area (Å²) < 4.78 is 15.7. The zero-order chi connectivity index (χ0) is 19.2. The van der Waals surface area contributed by atoms with Crippen molar-refractivity contribution in [3.63, 3.8) is 0 Å². The number of amides is 2. The summed E-state index contributed by atoms with van der Waals surface area (Å²) in [5.41, 5.74) is 1.69. The molecule has 0 fully saturated rings. The third-order valence-electron chi connectivity index (χ3n) is 4.24. The van der Waals surface area contributed by atoms with E-state index in [2.05, 4.69) is 5.32 Å². The van der Waals surface area contributed by atoms with E-state index >= 15 is 0 Å². The van der Waals surface area contributed by atoms with Crippen molar-refractivity contribution in [3.8, 4) is 17.2 Å². The molecule has 27 heavy (non-hydrogen) atoms. The molecule has 0 saturated heterocycles. The Morgan fingerprint density at radius 1 is 1.11 bits per heavy atom. The quantitative estimate of drug-likeness (QED) is 0.808. The molecule has 0 aliphatic carbocycles. The lowest BCUT2D eigenvalue weighted by Gasteiger charge is -2.21. The van der Waals surface area contributed by atoms with E-state index in [1.54, 1.807) is 25.3 Å². The van der Waals surface area contributed by atoms with Gasteiger partial charge in [-0.1, -0.05) is 12.1 Å². The number of nitrogens with zero attached hydrogens (tertiary/aromatic N) is 1. The number of benzene rings is 2. The summed E-state index contributed by atoms with van der Waals surface area (Å²) >= 11 is 0. The molecule has 7 nitrogen and oxygen atoms in total. The molecule has 1 N–H and O–H groups in total. The van der Waals surface area contributed by atoms with Crippen LogP contribution in [0.3, 0.4) is 0 Å². The lowest BCUT2D eigenvalue weighted by Crippen LogP contribution is -2.40. The Hall–Kier alpha value is -3.22.